The van der Waals surface area contributed by atoms with Crippen LogP contribution in [0, 0.1) is 5.82 Å². The van der Waals surface area contributed by atoms with Gasteiger partial charge in [0, 0.05) is 11.3 Å². The highest BCUT2D eigenvalue weighted by molar-refractivity contribution is 6.06. The fourth-order valence-corrected chi connectivity index (χ4v) is 3.10. The first-order chi connectivity index (χ1) is 13.5. The van der Waals surface area contributed by atoms with Crippen molar-refractivity contribution in [3.05, 3.63) is 101 Å². The normalized spacial score (nSPS) is 10.5. The molecule has 0 fully saturated rings. The molecule has 0 radical (unpaired) electrons. The van der Waals surface area contributed by atoms with Crippen molar-refractivity contribution in [3.63, 3.8) is 0 Å². The number of carboxylic acid groups (broad SMARTS) is 1. The van der Waals surface area contributed by atoms with Gasteiger partial charge in [-0.2, -0.15) is 0 Å². The molecule has 0 aliphatic heterocycles. The molecule has 142 valence electrons. The lowest BCUT2D eigenvalue weighted by atomic mass is 10.1. The van der Waals surface area contributed by atoms with Gasteiger partial charge in [-0.25, -0.2) is 9.18 Å². The van der Waals surface area contributed by atoms with Crippen molar-refractivity contribution in [3.8, 4) is 0 Å². The number of aryl methyl sites for hydroxylation is 1. The van der Waals surface area contributed by atoms with E-state index in [9.17, 15) is 19.1 Å². The van der Waals surface area contributed by atoms with Gasteiger partial charge in [-0.15, -0.1) is 0 Å². The van der Waals surface area contributed by atoms with Gasteiger partial charge in [0.2, 0.25) is 0 Å². The van der Waals surface area contributed by atoms with Crippen molar-refractivity contribution in [2.75, 3.05) is 4.90 Å². The fraction of sp³-hybridized carbons (Fsp3) is 0.130. The number of aromatic carboxylic acids is 1. The van der Waals surface area contributed by atoms with Crippen molar-refractivity contribution >= 4 is 17.6 Å². The van der Waals surface area contributed by atoms with Crippen LogP contribution in [-0.2, 0) is 13.0 Å². The zero-order chi connectivity index (χ0) is 20.1. The number of hydrogen-bond acceptors (Lipinski definition) is 2. The molecule has 0 saturated heterocycles. The van der Waals surface area contributed by atoms with Gasteiger partial charge < -0.3 is 10.0 Å². The molecule has 4 nitrogen and oxygen atoms in total. The lowest BCUT2D eigenvalue weighted by Crippen LogP contribution is -2.31. The summed E-state index contributed by atoms with van der Waals surface area (Å²) < 4.78 is 13.7. The van der Waals surface area contributed by atoms with Crippen LogP contribution >= 0.6 is 0 Å². The number of carbonyl (C=O) groups is 2. The molecule has 0 bridgehead atoms. The van der Waals surface area contributed by atoms with E-state index in [1.165, 1.54) is 24.3 Å². The van der Waals surface area contributed by atoms with Crippen molar-refractivity contribution in [1.29, 1.82) is 0 Å². The van der Waals surface area contributed by atoms with Crippen LogP contribution in [-0.4, -0.2) is 17.0 Å². The van der Waals surface area contributed by atoms with E-state index in [0.717, 1.165) is 17.7 Å². The molecule has 1 amide bonds. The van der Waals surface area contributed by atoms with Crippen molar-refractivity contribution in [1.82, 2.24) is 0 Å². The second kappa shape index (κ2) is 8.48. The molecular weight excluding hydrogens is 357 g/mol. The van der Waals surface area contributed by atoms with E-state index < -0.39 is 11.8 Å². The number of halogens is 1. The molecule has 5 heteroatoms. The number of carbonyl (C=O) groups excluding carboxylic acids is 1. The highest BCUT2D eigenvalue weighted by Crippen LogP contribution is 2.25. The second-order valence-corrected chi connectivity index (χ2v) is 6.39. The molecule has 0 aliphatic carbocycles. The monoisotopic (exact) mass is 377 g/mol. The van der Waals surface area contributed by atoms with Crippen LogP contribution < -0.4 is 4.90 Å². The Labute approximate surface area is 162 Å². The molecule has 0 unspecified atom stereocenters. The third kappa shape index (κ3) is 4.26. The van der Waals surface area contributed by atoms with E-state index in [4.69, 9.17) is 0 Å². The minimum absolute atomic E-state index is 0.152. The zero-order valence-corrected chi connectivity index (χ0v) is 15.4. The average molecular weight is 377 g/mol. The minimum Gasteiger partial charge on any atom is -0.478 e. The smallest absolute Gasteiger partial charge is 0.335 e. The van der Waals surface area contributed by atoms with Gasteiger partial charge in [0.05, 0.1) is 12.1 Å². The Balaban J connectivity index is 2.05. The predicted octanol–water partition coefficient (Wildman–Crippen LogP) is 4.93. The van der Waals surface area contributed by atoms with Crippen LogP contribution in [0.4, 0.5) is 10.1 Å². The number of carboxylic acids is 1. The standard InChI is InChI=1S/C23H20FNO3/c1-2-17-8-3-4-12-21(17)25(22(26)18-9-6-11-20(24)14-18)15-16-7-5-10-19(13-16)23(27)28/h3-14H,2,15H2,1H3,(H,27,28). The summed E-state index contributed by atoms with van der Waals surface area (Å²) in [6.07, 6.45) is 0.721. The Bertz CT molecular complexity index is 1020. The predicted molar refractivity (Wildman–Crippen MR) is 106 cm³/mol. The molecule has 3 aromatic carbocycles. The quantitative estimate of drug-likeness (QED) is 0.662. The summed E-state index contributed by atoms with van der Waals surface area (Å²) >= 11 is 0. The first kappa shape index (κ1) is 19.3. The number of rotatable bonds is 6. The van der Waals surface area contributed by atoms with Crippen LogP contribution in [0.25, 0.3) is 0 Å². The van der Waals surface area contributed by atoms with Crippen molar-refractivity contribution < 1.29 is 19.1 Å². The molecule has 0 saturated carbocycles. The van der Waals surface area contributed by atoms with Crippen LogP contribution in [0.3, 0.4) is 0 Å². The number of benzene rings is 3. The number of hydrogen-bond donors (Lipinski definition) is 1. The van der Waals surface area contributed by atoms with Gasteiger partial charge in [0.15, 0.2) is 0 Å². The molecule has 0 heterocycles. The molecule has 0 aromatic heterocycles. The first-order valence-corrected chi connectivity index (χ1v) is 8.97. The van der Waals surface area contributed by atoms with E-state index >= 15 is 0 Å². The van der Waals surface area contributed by atoms with Crippen LogP contribution in [0.5, 0.6) is 0 Å². The molecule has 0 atom stereocenters. The average Bonchev–Trinajstić information content (AvgIpc) is 2.71. The summed E-state index contributed by atoms with van der Waals surface area (Å²) in [6, 6.07) is 19.6. The van der Waals surface area contributed by atoms with E-state index in [1.54, 1.807) is 29.2 Å². The number of amides is 1. The molecule has 28 heavy (non-hydrogen) atoms. The minimum atomic E-state index is -1.03. The van der Waals surface area contributed by atoms with E-state index in [0.29, 0.717) is 5.56 Å². The summed E-state index contributed by atoms with van der Waals surface area (Å²) in [5.41, 5.74) is 2.76. The van der Waals surface area contributed by atoms with E-state index in [2.05, 4.69) is 0 Å². The maximum atomic E-state index is 13.7. The van der Waals surface area contributed by atoms with Gasteiger partial charge in [-0.1, -0.05) is 43.3 Å². The summed E-state index contributed by atoms with van der Waals surface area (Å²) in [7, 11) is 0. The van der Waals surface area contributed by atoms with E-state index in [1.807, 2.05) is 31.2 Å². The maximum Gasteiger partial charge on any atom is 0.335 e. The number of nitrogens with zero attached hydrogens (tertiary/aromatic N) is 1. The number of anilines is 1. The lowest BCUT2D eigenvalue weighted by molar-refractivity contribution is 0.0696. The maximum absolute atomic E-state index is 13.7. The van der Waals surface area contributed by atoms with Gasteiger partial charge in [-0.05, 0) is 53.9 Å². The van der Waals surface area contributed by atoms with E-state index in [-0.39, 0.29) is 23.6 Å². The van der Waals surface area contributed by atoms with Gasteiger partial charge >= 0.3 is 5.97 Å². The fourth-order valence-electron chi connectivity index (χ4n) is 3.10. The Morgan fingerprint density at radius 2 is 1.64 bits per heavy atom. The molecule has 3 aromatic rings. The van der Waals surface area contributed by atoms with Crippen molar-refractivity contribution in [2.24, 2.45) is 0 Å². The Kier molecular flexibility index (Phi) is 5.84. The molecule has 3 rings (SSSR count). The van der Waals surface area contributed by atoms with Gasteiger partial charge in [0.1, 0.15) is 5.82 Å². The van der Waals surface area contributed by atoms with Crippen LogP contribution in [0.2, 0.25) is 0 Å². The Hall–Kier alpha value is -3.47. The highest BCUT2D eigenvalue weighted by Gasteiger charge is 2.21. The second-order valence-electron chi connectivity index (χ2n) is 6.39. The van der Waals surface area contributed by atoms with Crippen LogP contribution in [0.15, 0.2) is 72.8 Å². The summed E-state index contributed by atoms with van der Waals surface area (Å²) in [6.45, 7) is 2.17. The van der Waals surface area contributed by atoms with Gasteiger partial charge in [-0.3, -0.25) is 4.79 Å². The summed E-state index contributed by atoms with van der Waals surface area (Å²) in [5.74, 6) is -1.86. The summed E-state index contributed by atoms with van der Waals surface area (Å²) in [5, 5.41) is 9.24. The Morgan fingerprint density at radius 1 is 0.929 bits per heavy atom. The number of para-hydroxylation sites is 1. The SMILES string of the molecule is CCc1ccccc1N(Cc1cccc(C(=O)O)c1)C(=O)c1cccc(F)c1. The molecule has 1 N–H and O–H groups in total. The molecule has 0 aliphatic rings. The molecule has 0 spiro atoms. The van der Waals surface area contributed by atoms with Crippen molar-refractivity contribution in [2.45, 2.75) is 19.9 Å². The van der Waals surface area contributed by atoms with Crippen LogP contribution in [0.1, 0.15) is 38.8 Å². The van der Waals surface area contributed by atoms with Gasteiger partial charge in [0.25, 0.3) is 5.91 Å². The zero-order valence-electron chi connectivity index (χ0n) is 15.4. The molecular formula is C23H20FNO3. The Morgan fingerprint density at radius 3 is 2.36 bits per heavy atom. The third-order valence-electron chi connectivity index (χ3n) is 4.49. The largest absolute Gasteiger partial charge is 0.478 e. The third-order valence-corrected chi connectivity index (χ3v) is 4.49. The first-order valence-electron chi connectivity index (χ1n) is 8.97. The summed E-state index contributed by atoms with van der Waals surface area (Å²) in [4.78, 5) is 26.1. The topological polar surface area (TPSA) is 57.6 Å². The lowest BCUT2D eigenvalue weighted by Gasteiger charge is -2.25. The highest BCUT2D eigenvalue weighted by atomic mass is 19.1.